The third-order valence-electron chi connectivity index (χ3n) is 2.85. The van der Waals surface area contributed by atoms with E-state index in [-0.39, 0.29) is 16.5 Å². The van der Waals surface area contributed by atoms with Gasteiger partial charge in [-0.1, -0.05) is 18.2 Å². The third-order valence-corrected chi connectivity index (χ3v) is 3.05. The number of nitrogens with one attached hydrogen (secondary N) is 2. The van der Waals surface area contributed by atoms with E-state index < -0.39 is 10.8 Å². The fourth-order valence-corrected chi connectivity index (χ4v) is 2.03. The molecule has 8 heteroatoms. The van der Waals surface area contributed by atoms with Crippen molar-refractivity contribution in [2.75, 3.05) is 5.32 Å². The highest BCUT2D eigenvalue weighted by molar-refractivity contribution is 7.80. The van der Waals surface area contributed by atoms with Gasteiger partial charge in [0.25, 0.3) is 5.69 Å². The Bertz CT molecular complexity index is 820. The molecule has 0 fully saturated rings. The molecule has 122 valence electrons. The molecule has 0 heterocycles. The lowest BCUT2D eigenvalue weighted by Crippen LogP contribution is -2.32. The molecule has 0 aliphatic heterocycles. The highest BCUT2D eigenvalue weighted by Crippen LogP contribution is 2.15. The number of amides is 1. The topological polar surface area (TPSA) is 104 Å². The van der Waals surface area contributed by atoms with Gasteiger partial charge in [-0.2, -0.15) is 0 Å². The van der Waals surface area contributed by atoms with Gasteiger partial charge in [0.2, 0.25) is 5.91 Å². The molecule has 2 aromatic carbocycles. The summed E-state index contributed by atoms with van der Waals surface area (Å²) in [5.74, 6) is -0.418. The summed E-state index contributed by atoms with van der Waals surface area (Å²) >= 11 is 4.99. The normalized spacial score (nSPS) is 10.3. The number of hydrogen-bond acceptors (Lipinski definition) is 5. The predicted octanol–water partition coefficient (Wildman–Crippen LogP) is 2.83. The molecule has 2 rings (SSSR count). The Morgan fingerprint density at radius 1 is 1.21 bits per heavy atom. The van der Waals surface area contributed by atoms with Crippen molar-refractivity contribution in [2.24, 2.45) is 0 Å². The van der Waals surface area contributed by atoms with Crippen LogP contribution in [-0.2, 0) is 4.79 Å². The lowest BCUT2D eigenvalue weighted by Gasteiger charge is -2.08. The minimum Gasteiger partial charge on any atom is -0.508 e. The van der Waals surface area contributed by atoms with Crippen LogP contribution in [0.25, 0.3) is 6.08 Å². The van der Waals surface area contributed by atoms with Crippen LogP contribution in [0.5, 0.6) is 5.75 Å². The predicted molar refractivity (Wildman–Crippen MR) is 94.6 cm³/mol. The lowest BCUT2D eigenvalue weighted by molar-refractivity contribution is -0.384. The quantitative estimate of drug-likeness (QED) is 0.341. The number of carbonyl (C=O) groups is 1. The van der Waals surface area contributed by atoms with E-state index in [4.69, 9.17) is 12.2 Å². The molecule has 0 aliphatic carbocycles. The van der Waals surface area contributed by atoms with E-state index in [1.54, 1.807) is 18.2 Å². The van der Waals surface area contributed by atoms with Crippen LogP contribution in [-0.4, -0.2) is 21.0 Å². The summed E-state index contributed by atoms with van der Waals surface area (Å²) in [4.78, 5) is 22.0. The molecule has 1 amide bonds. The molecular formula is C16H13N3O4S. The Morgan fingerprint density at radius 2 is 1.96 bits per heavy atom. The van der Waals surface area contributed by atoms with E-state index in [9.17, 15) is 20.0 Å². The number of hydrogen-bond donors (Lipinski definition) is 3. The van der Waals surface area contributed by atoms with Gasteiger partial charge < -0.3 is 10.4 Å². The first-order valence-electron chi connectivity index (χ1n) is 6.77. The van der Waals surface area contributed by atoms with E-state index >= 15 is 0 Å². The van der Waals surface area contributed by atoms with Crippen molar-refractivity contribution >= 4 is 40.7 Å². The number of rotatable bonds is 4. The first-order valence-corrected chi connectivity index (χ1v) is 7.18. The molecule has 0 saturated carbocycles. The molecule has 0 unspecified atom stereocenters. The largest absolute Gasteiger partial charge is 0.508 e. The lowest BCUT2D eigenvalue weighted by atomic mass is 10.2. The molecule has 2 aromatic rings. The van der Waals surface area contributed by atoms with Crippen LogP contribution in [0.3, 0.4) is 0 Å². The van der Waals surface area contributed by atoms with Gasteiger partial charge in [-0.25, -0.2) is 0 Å². The minimum absolute atomic E-state index is 0.0568. The smallest absolute Gasteiger partial charge is 0.270 e. The van der Waals surface area contributed by atoms with E-state index in [1.165, 1.54) is 42.5 Å². The zero-order valence-corrected chi connectivity index (χ0v) is 13.1. The van der Waals surface area contributed by atoms with Crippen LogP contribution in [0.2, 0.25) is 0 Å². The van der Waals surface area contributed by atoms with Crippen LogP contribution in [0.15, 0.2) is 54.6 Å². The summed E-state index contributed by atoms with van der Waals surface area (Å²) in [6.07, 6.45) is 2.66. The number of anilines is 1. The molecule has 0 saturated heterocycles. The maximum atomic E-state index is 11.8. The van der Waals surface area contributed by atoms with Crippen molar-refractivity contribution in [3.8, 4) is 5.75 Å². The van der Waals surface area contributed by atoms with Gasteiger partial charge in [-0.15, -0.1) is 0 Å². The van der Waals surface area contributed by atoms with Crippen LogP contribution >= 0.6 is 12.2 Å². The Balaban J connectivity index is 1.93. The standard InChI is InChI=1S/C16H13N3O4S/c20-14-6-2-4-12(10-14)17-16(24)18-15(21)8-7-11-3-1-5-13(9-11)19(22)23/h1-10,20H,(H2,17,18,21,24)/b8-7+. The maximum Gasteiger partial charge on any atom is 0.270 e. The SMILES string of the molecule is O=C(/C=C/c1cccc([N+](=O)[O-])c1)NC(=S)Nc1cccc(O)c1. The third kappa shape index (κ3) is 5.18. The zero-order chi connectivity index (χ0) is 17.5. The number of non-ortho nitro benzene ring substituents is 1. The van der Waals surface area contributed by atoms with Crippen LogP contribution in [0, 0.1) is 10.1 Å². The Kier molecular flexibility index (Phi) is 5.58. The highest BCUT2D eigenvalue weighted by atomic mass is 32.1. The highest BCUT2D eigenvalue weighted by Gasteiger charge is 2.05. The number of nitro groups is 1. The van der Waals surface area contributed by atoms with Crippen LogP contribution < -0.4 is 10.6 Å². The van der Waals surface area contributed by atoms with E-state index in [0.717, 1.165) is 0 Å². The number of nitro benzene ring substituents is 1. The first kappa shape index (κ1) is 17.1. The molecule has 0 aromatic heterocycles. The summed E-state index contributed by atoms with van der Waals surface area (Å²) in [6, 6.07) is 12.2. The Labute approximate surface area is 142 Å². The van der Waals surface area contributed by atoms with E-state index in [1.807, 2.05) is 0 Å². The van der Waals surface area contributed by atoms with Crippen molar-refractivity contribution in [1.82, 2.24) is 5.32 Å². The Hall–Kier alpha value is -3.26. The maximum absolute atomic E-state index is 11.8. The van der Waals surface area contributed by atoms with Crippen molar-refractivity contribution in [3.05, 3.63) is 70.3 Å². The molecule has 7 nitrogen and oxygen atoms in total. The second-order valence-electron chi connectivity index (χ2n) is 4.68. The monoisotopic (exact) mass is 343 g/mol. The summed E-state index contributed by atoms with van der Waals surface area (Å²) in [5, 5.41) is 25.3. The van der Waals surface area contributed by atoms with Gasteiger partial charge in [0.15, 0.2) is 5.11 Å². The summed E-state index contributed by atoms with van der Waals surface area (Å²) in [7, 11) is 0. The van der Waals surface area contributed by atoms with Gasteiger partial charge in [0, 0.05) is 30.0 Å². The number of benzene rings is 2. The van der Waals surface area contributed by atoms with Crippen molar-refractivity contribution < 1.29 is 14.8 Å². The van der Waals surface area contributed by atoms with Crippen molar-refractivity contribution in [2.45, 2.75) is 0 Å². The summed E-state index contributed by atoms with van der Waals surface area (Å²) in [6.45, 7) is 0. The minimum atomic E-state index is -0.508. The van der Waals surface area contributed by atoms with Gasteiger partial charge in [-0.05, 0) is 36.0 Å². The van der Waals surface area contributed by atoms with Crippen LogP contribution in [0.1, 0.15) is 5.56 Å². The molecule has 24 heavy (non-hydrogen) atoms. The zero-order valence-electron chi connectivity index (χ0n) is 12.3. The number of thiocarbonyl (C=S) groups is 1. The molecular weight excluding hydrogens is 330 g/mol. The van der Waals surface area contributed by atoms with Crippen molar-refractivity contribution in [1.29, 1.82) is 0 Å². The number of nitrogens with zero attached hydrogens (tertiary/aromatic N) is 1. The number of phenols is 1. The summed E-state index contributed by atoms with van der Waals surface area (Å²) < 4.78 is 0. The second-order valence-corrected chi connectivity index (χ2v) is 5.09. The van der Waals surface area contributed by atoms with Gasteiger partial charge in [0.05, 0.1) is 4.92 Å². The molecule has 0 spiro atoms. The molecule has 3 N–H and O–H groups in total. The van der Waals surface area contributed by atoms with E-state index in [2.05, 4.69) is 10.6 Å². The van der Waals surface area contributed by atoms with E-state index in [0.29, 0.717) is 11.3 Å². The average Bonchev–Trinajstić information content (AvgIpc) is 2.53. The Morgan fingerprint density at radius 3 is 2.67 bits per heavy atom. The fraction of sp³-hybridized carbons (Fsp3) is 0. The van der Waals surface area contributed by atoms with Gasteiger partial charge in [-0.3, -0.25) is 20.2 Å². The molecule has 0 radical (unpaired) electrons. The summed E-state index contributed by atoms with van der Waals surface area (Å²) in [5.41, 5.74) is 0.993. The first-order chi connectivity index (χ1) is 11.4. The molecule has 0 atom stereocenters. The molecule has 0 aliphatic rings. The number of aromatic hydroxyl groups is 1. The number of carbonyl (C=O) groups excluding carboxylic acids is 1. The fourth-order valence-electron chi connectivity index (χ4n) is 1.81. The average molecular weight is 343 g/mol. The van der Waals surface area contributed by atoms with Gasteiger partial charge >= 0.3 is 0 Å². The second kappa shape index (κ2) is 7.84. The van der Waals surface area contributed by atoms with Crippen molar-refractivity contribution in [3.63, 3.8) is 0 Å². The molecule has 0 bridgehead atoms. The van der Waals surface area contributed by atoms with Crippen LogP contribution in [0.4, 0.5) is 11.4 Å². The number of phenolic OH excluding ortho intramolecular Hbond substituents is 1. The van der Waals surface area contributed by atoms with Gasteiger partial charge in [0.1, 0.15) is 5.75 Å².